The number of benzene rings is 2. The van der Waals surface area contributed by atoms with E-state index in [9.17, 15) is 17.6 Å². The quantitative estimate of drug-likeness (QED) is 0.701. The molecule has 0 bridgehead atoms. The number of carbonyl (C=O) groups excluding carboxylic acids is 1. The van der Waals surface area contributed by atoms with Gasteiger partial charge in [0.25, 0.3) is 0 Å². The Balaban J connectivity index is 1.81. The Morgan fingerprint density at radius 3 is 2.53 bits per heavy atom. The van der Waals surface area contributed by atoms with Crippen LogP contribution in [0.5, 0.6) is 5.75 Å². The number of aryl methyl sites for hydroxylation is 1. The van der Waals surface area contributed by atoms with Gasteiger partial charge >= 0.3 is 0 Å². The lowest BCUT2D eigenvalue weighted by Crippen LogP contribution is -2.35. The second kappa shape index (κ2) is 9.40. The van der Waals surface area contributed by atoms with Gasteiger partial charge in [-0.3, -0.25) is 4.79 Å². The Kier molecular flexibility index (Phi) is 6.89. The average Bonchev–Trinajstić information content (AvgIpc) is 2.74. The lowest BCUT2D eigenvalue weighted by Gasteiger charge is -2.26. The summed E-state index contributed by atoms with van der Waals surface area (Å²) in [5, 5.41) is 2.47. The van der Waals surface area contributed by atoms with Gasteiger partial charge in [0.15, 0.2) is 0 Å². The molecular formula is C22H25FN2O4S. The van der Waals surface area contributed by atoms with Crippen molar-refractivity contribution in [1.82, 2.24) is 4.31 Å². The molecule has 160 valence electrons. The number of amides is 1. The molecule has 1 fully saturated rings. The van der Waals surface area contributed by atoms with E-state index < -0.39 is 21.7 Å². The molecule has 0 unspecified atom stereocenters. The molecular weight excluding hydrogens is 407 g/mol. The number of piperidine rings is 1. The van der Waals surface area contributed by atoms with Crippen molar-refractivity contribution in [2.45, 2.75) is 31.1 Å². The van der Waals surface area contributed by atoms with Crippen molar-refractivity contribution >= 4 is 27.7 Å². The first-order valence-electron chi connectivity index (χ1n) is 9.74. The minimum atomic E-state index is -3.70. The fourth-order valence-electron chi connectivity index (χ4n) is 3.31. The topological polar surface area (TPSA) is 75.7 Å². The molecule has 1 aliphatic heterocycles. The zero-order valence-corrected chi connectivity index (χ0v) is 17.8. The molecule has 0 saturated carbocycles. The maximum Gasteiger partial charge on any atom is 0.248 e. The number of anilines is 1. The van der Waals surface area contributed by atoms with Crippen LogP contribution in [0.3, 0.4) is 0 Å². The lowest BCUT2D eigenvalue weighted by atomic mass is 10.2. The first-order valence-corrected chi connectivity index (χ1v) is 11.2. The van der Waals surface area contributed by atoms with Crippen molar-refractivity contribution < 1.29 is 22.3 Å². The molecule has 0 atom stereocenters. The minimum Gasteiger partial charge on any atom is -0.495 e. The molecule has 0 spiro atoms. The van der Waals surface area contributed by atoms with Crippen LogP contribution in [0.15, 0.2) is 47.4 Å². The Morgan fingerprint density at radius 1 is 1.13 bits per heavy atom. The van der Waals surface area contributed by atoms with Gasteiger partial charge in [-0.05, 0) is 61.2 Å². The Labute approximate surface area is 176 Å². The largest absolute Gasteiger partial charge is 0.495 e. The zero-order chi connectivity index (χ0) is 21.7. The first kappa shape index (κ1) is 22.0. The number of halogens is 1. The van der Waals surface area contributed by atoms with Crippen LogP contribution in [0, 0.1) is 12.7 Å². The SMILES string of the molecule is COc1ccc(C=CC(=O)Nc2ccc(C)cc2F)cc1S(=O)(=O)N1CCCCC1. The predicted molar refractivity (Wildman–Crippen MR) is 114 cm³/mol. The number of nitrogens with zero attached hydrogens (tertiary/aromatic N) is 1. The van der Waals surface area contributed by atoms with E-state index in [-0.39, 0.29) is 16.3 Å². The van der Waals surface area contributed by atoms with Crippen LogP contribution in [0.1, 0.15) is 30.4 Å². The molecule has 1 aliphatic rings. The maximum absolute atomic E-state index is 13.9. The number of ether oxygens (including phenoxy) is 1. The van der Waals surface area contributed by atoms with E-state index in [0.717, 1.165) is 24.8 Å². The van der Waals surface area contributed by atoms with E-state index in [1.54, 1.807) is 25.1 Å². The molecule has 1 N–H and O–H groups in total. The third-order valence-electron chi connectivity index (χ3n) is 4.93. The molecule has 0 aliphatic carbocycles. The molecule has 2 aromatic carbocycles. The van der Waals surface area contributed by atoms with Crippen molar-refractivity contribution in [3.8, 4) is 5.75 Å². The number of rotatable bonds is 6. The highest BCUT2D eigenvalue weighted by Gasteiger charge is 2.29. The smallest absolute Gasteiger partial charge is 0.248 e. The van der Waals surface area contributed by atoms with Gasteiger partial charge in [-0.15, -0.1) is 0 Å². The predicted octanol–water partition coefficient (Wildman–Crippen LogP) is 3.97. The summed E-state index contributed by atoms with van der Waals surface area (Å²) in [5.74, 6) is -0.783. The van der Waals surface area contributed by atoms with Gasteiger partial charge in [-0.2, -0.15) is 4.31 Å². The molecule has 3 rings (SSSR count). The minimum absolute atomic E-state index is 0.0686. The second-order valence-electron chi connectivity index (χ2n) is 7.18. The monoisotopic (exact) mass is 432 g/mol. The maximum atomic E-state index is 13.9. The average molecular weight is 433 g/mol. The highest BCUT2D eigenvalue weighted by molar-refractivity contribution is 7.89. The van der Waals surface area contributed by atoms with Gasteiger partial charge < -0.3 is 10.1 Å². The van der Waals surface area contributed by atoms with E-state index in [1.807, 2.05) is 0 Å². The van der Waals surface area contributed by atoms with Gasteiger partial charge in [0.1, 0.15) is 16.5 Å². The van der Waals surface area contributed by atoms with Gasteiger partial charge in [-0.25, -0.2) is 12.8 Å². The summed E-state index contributed by atoms with van der Waals surface area (Å²) >= 11 is 0. The molecule has 30 heavy (non-hydrogen) atoms. The number of carbonyl (C=O) groups is 1. The lowest BCUT2D eigenvalue weighted by molar-refractivity contribution is -0.111. The molecule has 1 saturated heterocycles. The van der Waals surface area contributed by atoms with E-state index in [1.165, 1.54) is 41.8 Å². The fourth-order valence-corrected chi connectivity index (χ4v) is 5.02. The molecule has 0 aromatic heterocycles. The Morgan fingerprint density at radius 2 is 1.87 bits per heavy atom. The van der Waals surface area contributed by atoms with E-state index in [0.29, 0.717) is 18.7 Å². The van der Waals surface area contributed by atoms with Gasteiger partial charge in [-0.1, -0.05) is 18.6 Å². The van der Waals surface area contributed by atoms with Crippen LogP contribution in [-0.4, -0.2) is 38.8 Å². The van der Waals surface area contributed by atoms with Crippen LogP contribution < -0.4 is 10.1 Å². The van der Waals surface area contributed by atoms with Crippen molar-refractivity contribution in [2.75, 3.05) is 25.5 Å². The molecule has 1 amide bonds. The normalized spacial score (nSPS) is 15.3. The summed E-state index contributed by atoms with van der Waals surface area (Å²) in [6, 6.07) is 9.23. The summed E-state index contributed by atoms with van der Waals surface area (Å²) in [5.41, 5.74) is 1.35. The number of hydrogen-bond acceptors (Lipinski definition) is 4. The number of hydrogen-bond donors (Lipinski definition) is 1. The summed E-state index contributed by atoms with van der Waals surface area (Å²) < 4.78 is 46.7. The fraction of sp³-hybridized carbons (Fsp3) is 0.318. The van der Waals surface area contributed by atoms with Crippen LogP contribution >= 0.6 is 0 Å². The van der Waals surface area contributed by atoms with E-state index in [2.05, 4.69) is 5.32 Å². The Hall–Kier alpha value is -2.71. The summed E-state index contributed by atoms with van der Waals surface area (Å²) in [6.07, 6.45) is 5.39. The highest BCUT2D eigenvalue weighted by Crippen LogP contribution is 2.30. The third kappa shape index (κ3) is 5.06. The molecule has 6 nitrogen and oxygen atoms in total. The Bertz CT molecular complexity index is 1060. The number of nitrogens with one attached hydrogen (secondary N) is 1. The van der Waals surface area contributed by atoms with Crippen LogP contribution in [0.2, 0.25) is 0 Å². The van der Waals surface area contributed by atoms with E-state index in [4.69, 9.17) is 4.74 Å². The molecule has 2 aromatic rings. The second-order valence-corrected chi connectivity index (χ2v) is 9.09. The van der Waals surface area contributed by atoms with Crippen molar-refractivity contribution in [3.63, 3.8) is 0 Å². The van der Waals surface area contributed by atoms with Crippen LogP contribution in [0.25, 0.3) is 6.08 Å². The van der Waals surface area contributed by atoms with Crippen molar-refractivity contribution in [2.24, 2.45) is 0 Å². The van der Waals surface area contributed by atoms with Crippen LogP contribution in [0.4, 0.5) is 10.1 Å². The van der Waals surface area contributed by atoms with E-state index >= 15 is 0 Å². The number of sulfonamides is 1. The standard InChI is InChI=1S/C22H25FN2O4S/c1-16-6-9-19(18(23)14-16)24-22(26)11-8-17-7-10-20(29-2)21(15-17)30(27,28)25-12-4-3-5-13-25/h6-11,14-15H,3-5,12-13H2,1-2H3,(H,24,26). The third-order valence-corrected chi connectivity index (χ3v) is 6.85. The van der Waals surface area contributed by atoms with Gasteiger partial charge in [0.05, 0.1) is 12.8 Å². The number of methoxy groups -OCH3 is 1. The van der Waals surface area contributed by atoms with Crippen molar-refractivity contribution in [3.05, 3.63) is 59.4 Å². The summed E-state index contributed by atoms with van der Waals surface area (Å²) in [7, 11) is -2.28. The van der Waals surface area contributed by atoms with Crippen molar-refractivity contribution in [1.29, 1.82) is 0 Å². The van der Waals surface area contributed by atoms with Crippen LogP contribution in [-0.2, 0) is 14.8 Å². The summed E-state index contributed by atoms with van der Waals surface area (Å²) in [6.45, 7) is 2.72. The highest BCUT2D eigenvalue weighted by atomic mass is 32.2. The first-order chi connectivity index (χ1) is 14.3. The molecule has 8 heteroatoms. The van der Waals surface area contributed by atoms with Gasteiger partial charge in [0, 0.05) is 19.2 Å². The molecule has 1 heterocycles. The van der Waals surface area contributed by atoms with Gasteiger partial charge in [0.2, 0.25) is 15.9 Å². The summed E-state index contributed by atoms with van der Waals surface area (Å²) in [4.78, 5) is 12.2. The molecule has 0 radical (unpaired) electrons. The zero-order valence-electron chi connectivity index (χ0n) is 17.0.